The Bertz CT molecular complexity index is 1900. The number of amides is 2. The molecule has 1 fully saturated rings. The normalized spacial score (nSPS) is 17.0. The Labute approximate surface area is 247 Å². The lowest BCUT2D eigenvalue weighted by atomic mass is 10.0. The zero-order chi connectivity index (χ0) is 29.3. The van der Waals surface area contributed by atoms with E-state index < -0.39 is 9.84 Å². The molecule has 12 heteroatoms. The quantitative estimate of drug-likeness (QED) is 0.315. The molecule has 1 aromatic carbocycles. The maximum absolute atomic E-state index is 13.4. The van der Waals surface area contributed by atoms with Crippen molar-refractivity contribution in [2.75, 3.05) is 16.5 Å². The lowest BCUT2D eigenvalue weighted by Gasteiger charge is -2.24. The van der Waals surface area contributed by atoms with Crippen molar-refractivity contribution in [2.45, 2.75) is 50.7 Å². The summed E-state index contributed by atoms with van der Waals surface area (Å²) in [5.41, 5.74) is 3.75. The van der Waals surface area contributed by atoms with Gasteiger partial charge in [-0.2, -0.15) is 0 Å². The van der Waals surface area contributed by atoms with Crippen LogP contribution in [0.5, 0.6) is 0 Å². The van der Waals surface area contributed by atoms with E-state index in [4.69, 9.17) is 0 Å². The van der Waals surface area contributed by atoms with Gasteiger partial charge in [0.1, 0.15) is 11.6 Å². The molecule has 10 nitrogen and oxygen atoms in total. The Balaban J connectivity index is 1.18. The summed E-state index contributed by atoms with van der Waals surface area (Å²) in [6.07, 6.45) is 5.01. The predicted molar refractivity (Wildman–Crippen MR) is 160 cm³/mol. The van der Waals surface area contributed by atoms with Crippen LogP contribution in [-0.2, 0) is 22.9 Å². The summed E-state index contributed by atoms with van der Waals surface area (Å²) in [7, 11) is -3.66. The highest BCUT2D eigenvalue weighted by atomic mass is 32.2. The van der Waals surface area contributed by atoms with Crippen molar-refractivity contribution in [3.63, 3.8) is 0 Å². The third kappa shape index (κ3) is 4.54. The third-order valence-electron chi connectivity index (χ3n) is 8.17. The third-order valence-corrected chi connectivity index (χ3v) is 10.4. The van der Waals surface area contributed by atoms with Gasteiger partial charge in [0.15, 0.2) is 15.0 Å². The van der Waals surface area contributed by atoms with Gasteiger partial charge >= 0.3 is 0 Å². The number of nitrogens with one attached hydrogen (secondary N) is 1. The second-order valence-electron chi connectivity index (χ2n) is 11.1. The molecule has 1 atom stereocenters. The van der Waals surface area contributed by atoms with Gasteiger partial charge in [-0.05, 0) is 80.1 Å². The molecular weight excluding hydrogens is 573 g/mol. The zero-order valence-electron chi connectivity index (χ0n) is 23.3. The fourth-order valence-electron chi connectivity index (χ4n) is 5.81. The van der Waals surface area contributed by atoms with E-state index in [9.17, 15) is 18.0 Å². The van der Waals surface area contributed by atoms with E-state index in [0.29, 0.717) is 52.5 Å². The van der Waals surface area contributed by atoms with Crippen LogP contribution in [0.15, 0.2) is 53.6 Å². The first-order chi connectivity index (χ1) is 20.1. The summed E-state index contributed by atoms with van der Waals surface area (Å²) in [4.78, 5) is 44.2. The molecule has 3 aromatic heterocycles. The minimum atomic E-state index is -3.66. The molecule has 2 aliphatic heterocycles. The Kier molecular flexibility index (Phi) is 6.17. The molecular formula is C30H28N6O4S2. The molecule has 1 unspecified atom stereocenters. The Morgan fingerprint density at radius 2 is 1.86 bits per heavy atom. The molecule has 5 heterocycles. The van der Waals surface area contributed by atoms with Crippen molar-refractivity contribution < 1.29 is 18.0 Å². The topological polar surface area (TPSA) is 125 Å². The first-order valence-corrected chi connectivity index (χ1v) is 16.4. The van der Waals surface area contributed by atoms with Gasteiger partial charge in [-0.25, -0.2) is 18.4 Å². The number of hydrogen-bond donors (Lipinski definition) is 1. The van der Waals surface area contributed by atoms with Crippen molar-refractivity contribution in [2.24, 2.45) is 5.92 Å². The number of aromatic nitrogens is 3. The van der Waals surface area contributed by atoms with Gasteiger partial charge in [-0.15, -0.1) is 0 Å². The highest BCUT2D eigenvalue weighted by Crippen LogP contribution is 2.42. The van der Waals surface area contributed by atoms with Crippen molar-refractivity contribution in [1.29, 1.82) is 0 Å². The Hall–Kier alpha value is -4.16. The van der Waals surface area contributed by atoms with Gasteiger partial charge in [0.05, 0.1) is 38.8 Å². The number of benzene rings is 1. The van der Waals surface area contributed by atoms with Crippen molar-refractivity contribution in [3.05, 3.63) is 76.7 Å². The van der Waals surface area contributed by atoms with Gasteiger partial charge in [0, 0.05) is 25.0 Å². The SMILES string of the molecule is Cc1nc(Nc2cccc(N3Cc4ncccc4C3=O)n2)sc1-c1cc2c(c(S(C)(=O)=O)c1)C(=O)N(C(C)C1CC1)C2. The first-order valence-electron chi connectivity index (χ1n) is 13.7. The molecule has 0 bridgehead atoms. The van der Waals surface area contributed by atoms with Crippen LogP contribution >= 0.6 is 11.3 Å². The van der Waals surface area contributed by atoms with E-state index in [-0.39, 0.29) is 22.8 Å². The van der Waals surface area contributed by atoms with Crippen LogP contribution in [0.4, 0.5) is 16.8 Å². The molecule has 0 saturated heterocycles. The first kappa shape index (κ1) is 26.7. The number of sulfone groups is 1. The lowest BCUT2D eigenvalue weighted by molar-refractivity contribution is 0.0694. The van der Waals surface area contributed by atoms with Gasteiger partial charge in [-0.1, -0.05) is 17.4 Å². The number of thiazole rings is 1. The molecule has 2 amide bonds. The van der Waals surface area contributed by atoms with Crippen LogP contribution in [0.25, 0.3) is 10.4 Å². The minimum absolute atomic E-state index is 0.0629. The average Bonchev–Trinajstić information content (AvgIpc) is 3.57. The predicted octanol–water partition coefficient (Wildman–Crippen LogP) is 4.97. The van der Waals surface area contributed by atoms with Gasteiger partial charge in [-0.3, -0.25) is 19.5 Å². The largest absolute Gasteiger partial charge is 0.331 e. The summed E-state index contributed by atoms with van der Waals surface area (Å²) >= 11 is 1.38. The van der Waals surface area contributed by atoms with Crippen LogP contribution in [0.2, 0.25) is 0 Å². The standard InChI is InChI=1S/C30H28N6O4S2/c1-16-27(19-12-20-14-35(17(2)18-9-10-18)29(38)26(20)23(13-19)42(3,39)40)41-30(32-16)34-24-7-4-8-25(33-24)36-15-22-21(28(36)37)6-5-11-31-22/h4-8,11-13,17-18H,9-10,14-15H2,1-3H3,(H,32,33,34). The minimum Gasteiger partial charge on any atom is -0.331 e. The monoisotopic (exact) mass is 600 g/mol. The molecule has 4 aromatic rings. The van der Waals surface area contributed by atoms with Crippen molar-refractivity contribution in [3.8, 4) is 10.4 Å². The fraction of sp³-hybridized carbons (Fsp3) is 0.300. The number of anilines is 3. The van der Waals surface area contributed by atoms with E-state index in [1.807, 2.05) is 30.9 Å². The lowest BCUT2D eigenvalue weighted by Crippen LogP contribution is -2.35. The second kappa shape index (κ2) is 9.70. The van der Waals surface area contributed by atoms with Crippen LogP contribution < -0.4 is 10.2 Å². The molecule has 1 N–H and O–H groups in total. The van der Waals surface area contributed by atoms with Crippen LogP contribution in [0.1, 0.15) is 57.4 Å². The average molecular weight is 601 g/mol. The zero-order valence-corrected chi connectivity index (χ0v) is 24.9. The summed E-state index contributed by atoms with van der Waals surface area (Å²) in [5, 5.41) is 3.82. The maximum atomic E-state index is 13.4. The molecule has 214 valence electrons. The molecule has 7 rings (SSSR count). The van der Waals surface area contributed by atoms with Gasteiger partial charge in [0.25, 0.3) is 11.8 Å². The number of carbonyl (C=O) groups excluding carboxylic acids is 2. The highest BCUT2D eigenvalue weighted by Gasteiger charge is 2.41. The number of pyridine rings is 2. The number of fused-ring (bicyclic) bond motifs is 2. The van der Waals surface area contributed by atoms with E-state index in [0.717, 1.165) is 40.9 Å². The number of hydrogen-bond acceptors (Lipinski definition) is 9. The molecule has 1 aliphatic carbocycles. The summed E-state index contributed by atoms with van der Waals surface area (Å²) in [6, 6.07) is 12.5. The van der Waals surface area contributed by atoms with Gasteiger partial charge in [0.2, 0.25) is 0 Å². The van der Waals surface area contributed by atoms with Gasteiger partial charge < -0.3 is 10.2 Å². The molecule has 0 radical (unpaired) electrons. The molecule has 3 aliphatic rings. The molecule has 42 heavy (non-hydrogen) atoms. The molecule has 0 spiro atoms. The van der Waals surface area contributed by atoms with Crippen LogP contribution in [0.3, 0.4) is 0 Å². The van der Waals surface area contributed by atoms with Crippen LogP contribution in [0, 0.1) is 12.8 Å². The van der Waals surface area contributed by atoms with E-state index in [2.05, 4.69) is 20.3 Å². The number of carbonyl (C=O) groups is 2. The maximum Gasteiger partial charge on any atom is 0.261 e. The number of aryl methyl sites for hydroxylation is 1. The van der Waals surface area contributed by atoms with E-state index in [1.54, 1.807) is 41.4 Å². The Morgan fingerprint density at radius 3 is 2.60 bits per heavy atom. The summed E-state index contributed by atoms with van der Waals surface area (Å²) in [6.45, 7) is 4.67. The summed E-state index contributed by atoms with van der Waals surface area (Å²) in [5.74, 6) is 1.15. The fourth-order valence-corrected chi connectivity index (χ4v) is 7.70. The van der Waals surface area contributed by atoms with Crippen molar-refractivity contribution in [1.82, 2.24) is 19.9 Å². The van der Waals surface area contributed by atoms with E-state index >= 15 is 0 Å². The smallest absolute Gasteiger partial charge is 0.261 e. The summed E-state index contributed by atoms with van der Waals surface area (Å²) < 4.78 is 25.8. The highest BCUT2D eigenvalue weighted by molar-refractivity contribution is 7.90. The second-order valence-corrected chi connectivity index (χ2v) is 14.1. The number of nitrogens with zero attached hydrogens (tertiary/aromatic N) is 5. The number of rotatable bonds is 7. The van der Waals surface area contributed by atoms with E-state index in [1.165, 1.54) is 11.3 Å². The van der Waals surface area contributed by atoms with Crippen LogP contribution in [-0.4, -0.2) is 52.4 Å². The Morgan fingerprint density at radius 1 is 1.05 bits per heavy atom. The molecule has 1 saturated carbocycles. The van der Waals surface area contributed by atoms with Crippen molar-refractivity contribution >= 4 is 49.8 Å².